The third kappa shape index (κ3) is 6.20. The summed E-state index contributed by atoms with van der Waals surface area (Å²) in [7, 11) is 0. The molecule has 4 aromatic rings. The molecule has 0 aromatic heterocycles. The molecule has 7 heteroatoms. The van der Waals surface area contributed by atoms with Gasteiger partial charge in [-0.15, -0.1) is 0 Å². The molecule has 0 heterocycles. The highest BCUT2D eigenvalue weighted by Crippen LogP contribution is 2.34. The summed E-state index contributed by atoms with van der Waals surface area (Å²) in [4.78, 5) is 23.1. The standard InChI is InChI=1S/C31H24FNO5/c1-2-3-6-23-7-4-5-8-29(23)38-30-18-10-21(19-28(30)33(36)37)9-11-25-20-24(14-17-27(25)31(34)35)22-12-15-26(32)16-13-22/h2-5,7-20H,6H2,1H3,(H,34,35). The summed E-state index contributed by atoms with van der Waals surface area (Å²) in [6.45, 7) is 1.92. The minimum atomic E-state index is -1.11. The lowest BCUT2D eigenvalue weighted by molar-refractivity contribution is -0.385. The second-order valence-electron chi connectivity index (χ2n) is 8.41. The van der Waals surface area contributed by atoms with Gasteiger partial charge in [-0.25, -0.2) is 9.18 Å². The number of rotatable bonds is 9. The van der Waals surface area contributed by atoms with Gasteiger partial charge in [-0.05, 0) is 77.6 Å². The quantitative estimate of drug-likeness (QED) is 0.106. The number of aromatic carboxylic acids is 1. The molecule has 0 saturated carbocycles. The fraction of sp³-hybridized carbons (Fsp3) is 0.0645. The average molecular weight is 510 g/mol. The second kappa shape index (κ2) is 11.8. The first-order chi connectivity index (χ1) is 18.4. The minimum absolute atomic E-state index is 0.0688. The number of nitrogens with zero attached hydrogens (tertiary/aromatic N) is 1. The SMILES string of the molecule is CC=CCc1ccccc1Oc1ccc(C=Cc2cc(-c3ccc(F)cc3)ccc2C(=O)O)cc1[N+](=O)[O-]. The molecule has 0 aliphatic rings. The topological polar surface area (TPSA) is 89.7 Å². The van der Waals surface area contributed by atoms with Crippen LogP contribution in [0.3, 0.4) is 0 Å². The summed E-state index contributed by atoms with van der Waals surface area (Å²) in [6.07, 6.45) is 7.71. The van der Waals surface area contributed by atoms with Crippen molar-refractivity contribution in [1.82, 2.24) is 0 Å². The molecule has 6 nitrogen and oxygen atoms in total. The van der Waals surface area contributed by atoms with Gasteiger partial charge in [0, 0.05) is 6.07 Å². The summed E-state index contributed by atoms with van der Waals surface area (Å²) in [5, 5.41) is 21.5. The number of para-hydroxylation sites is 1. The number of carboxylic acid groups (broad SMARTS) is 1. The van der Waals surface area contributed by atoms with Crippen molar-refractivity contribution in [2.45, 2.75) is 13.3 Å². The van der Waals surface area contributed by atoms with Gasteiger partial charge in [-0.1, -0.05) is 66.8 Å². The number of hydrogen-bond acceptors (Lipinski definition) is 4. The Labute approximate surface area is 219 Å². The molecule has 4 rings (SSSR count). The Morgan fingerprint density at radius 2 is 1.68 bits per heavy atom. The van der Waals surface area contributed by atoms with Gasteiger partial charge in [0.25, 0.3) is 0 Å². The van der Waals surface area contributed by atoms with E-state index < -0.39 is 10.9 Å². The Balaban J connectivity index is 1.66. The summed E-state index contributed by atoms with van der Waals surface area (Å²) >= 11 is 0. The molecule has 0 atom stereocenters. The zero-order valence-electron chi connectivity index (χ0n) is 20.5. The lowest BCUT2D eigenvalue weighted by atomic mass is 9.98. The fourth-order valence-corrected chi connectivity index (χ4v) is 3.91. The van der Waals surface area contributed by atoms with E-state index >= 15 is 0 Å². The Bertz CT molecular complexity index is 1540. The minimum Gasteiger partial charge on any atom is -0.478 e. The van der Waals surface area contributed by atoms with E-state index in [-0.39, 0.29) is 22.8 Å². The number of benzene rings is 4. The van der Waals surface area contributed by atoms with Gasteiger partial charge in [-0.2, -0.15) is 0 Å². The summed E-state index contributed by atoms with van der Waals surface area (Å²) in [5.41, 5.74) is 3.08. The van der Waals surface area contributed by atoms with Crippen molar-refractivity contribution in [3.63, 3.8) is 0 Å². The van der Waals surface area contributed by atoms with Crippen LogP contribution in [0.25, 0.3) is 23.3 Å². The lowest BCUT2D eigenvalue weighted by Gasteiger charge is -2.11. The molecule has 0 saturated heterocycles. The maximum atomic E-state index is 13.3. The Kier molecular flexibility index (Phi) is 8.08. The van der Waals surface area contributed by atoms with Crippen LogP contribution in [0, 0.1) is 15.9 Å². The smallest absolute Gasteiger partial charge is 0.336 e. The van der Waals surface area contributed by atoms with Gasteiger partial charge in [0.2, 0.25) is 5.75 Å². The molecule has 38 heavy (non-hydrogen) atoms. The van der Waals surface area contributed by atoms with Crippen LogP contribution in [0.1, 0.15) is 34.0 Å². The molecule has 0 bridgehead atoms. The Morgan fingerprint density at radius 3 is 2.39 bits per heavy atom. The van der Waals surface area contributed by atoms with Crippen LogP contribution in [0.2, 0.25) is 0 Å². The van der Waals surface area contributed by atoms with Gasteiger partial charge in [0.1, 0.15) is 11.6 Å². The largest absolute Gasteiger partial charge is 0.478 e. The van der Waals surface area contributed by atoms with Crippen molar-refractivity contribution in [2.75, 3.05) is 0 Å². The molecule has 4 aromatic carbocycles. The number of allylic oxidation sites excluding steroid dienone is 2. The molecule has 0 fully saturated rings. The molecule has 0 radical (unpaired) electrons. The molecule has 0 unspecified atom stereocenters. The number of halogens is 1. The number of carboxylic acids is 1. The molecule has 0 aliphatic carbocycles. The van der Waals surface area contributed by atoms with Gasteiger partial charge in [0.15, 0.2) is 0 Å². The van der Waals surface area contributed by atoms with Gasteiger partial charge >= 0.3 is 11.7 Å². The monoisotopic (exact) mass is 509 g/mol. The van der Waals surface area contributed by atoms with Gasteiger partial charge < -0.3 is 9.84 Å². The van der Waals surface area contributed by atoms with E-state index in [9.17, 15) is 24.4 Å². The number of nitro groups is 1. The average Bonchev–Trinajstić information content (AvgIpc) is 2.92. The van der Waals surface area contributed by atoms with Gasteiger partial charge in [0.05, 0.1) is 10.5 Å². The van der Waals surface area contributed by atoms with E-state index in [1.807, 2.05) is 31.2 Å². The molecule has 0 aliphatic heterocycles. The maximum Gasteiger partial charge on any atom is 0.336 e. The van der Waals surface area contributed by atoms with Crippen molar-refractivity contribution in [1.29, 1.82) is 0 Å². The molecule has 0 amide bonds. The first-order valence-electron chi connectivity index (χ1n) is 11.8. The third-order valence-corrected chi connectivity index (χ3v) is 5.86. The van der Waals surface area contributed by atoms with Crippen molar-refractivity contribution < 1.29 is 24.0 Å². The van der Waals surface area contributed by atoms with E-state index in [0.29, 0.717) is 28.9 Å². The Hall–Kier alpha value is -5.04. The summed E-state index contributed by atoms with van der Waals surface area (Å²) < 4.78 is 19.3. The van der Waals surface area contributed by atoms with E-state index in [4.69, 9.17) is 4.74 Å². The highest BCUT2D eigenvalue weighted by molar-refractivity contribution is 5.94. The first-order valence-corrected chi connectivity index (χ1v) is 11.8. The predicted molar refractivity (Wildman–Crippen MR) is 146 cm³/mol. The Morgan fingerprint density at radius 1 is 0.947 bits per heavy atom. The molecular weight excluding hydrogens is 485 g/mol. The number of hydrogen-bond donors (Lipinski definition) is 1. The fourth-order valence-electron chi connectivity index (χ4n) is 3.91. The summed E-state index contributed by atoms with van der Waals surface area (Å²) in [5.74, 6) is -0.849. The van der Waals surface area contributed by atoms with Crippen molar-refractivity contribution in [3.05, 3.63) is 135 Å². The molecule has 190 valence electrons. The van der Waals surface area contributed by atoms with Crippen LogP contribution in [0.15, 0.2) is 97.1 Å². The van der Waals surface area contributed by atoms with Crippen LogP contribution >= 0.6 is 0 Å². The van der Waals surface area contributed by atoms with Crippen molar-refractivity contribution in [3.8, 4) is 22.6 Å². The normalized spacial score (nSPS) is 11.2. The molecule has 1 N–H and O–H groups in total. The van der Waals surface area contributed by atoms with E-state index in [1.54, 1.807) is 54.6 Å². The first kappa shape index (κ1) is 26.0. The summed E-state index contributed by atoms with van der Waals surface area (Å²) in [6, 6.07) is 22.6. The van der Waals surface area contributed by atoms with Crippen molar-refractivity contribution >= 4 is 23.8 Å². The number of nitro benzene ring substituents is 1. The van der Waals surface area contributed by atoms with Crippen LogP contribution < -0.4 is 4.74 Å². The van der Waals surface area contributed by atoms with Crippen LogP contribution in [0.5, 0.6) is 11.5 Å². The zero-order valence-corrected chi connectivity index (χ0v) is 20.5. The molecular formula is C31H24FNO5. The predicted octanol–water partition coefficient (Wildman–Crippen LogP) is 8.18. The van der Waals surface area contributed by atoms with E-state index in [0.717, 1.165) is 11.1 Å². The number of ether oxygens (including phenoxy) is 1. The maximum absolute atomic E-state index is 13.3. The second-order valence-corrected chi connectivity index (χ2v) is 8.41. The van der Waals surface area contributed by atoms with Gasteiger partial charge in [-0.3, -0.25) is 10.1 Å². The molecule has 0 spiro atoms. The van der Waals surface area contributed by atoms with Crippen molar-refractivity contribution in [2.24, 2.45) is 0 Å². The van der Waals surface area contributed by atoms with Crippen LogP contribution in [-0.2, 0) is 6.42 Å². The highest BCUT2D eigenvalue weighted by atomic mass is 19.1. The van der Waals surface area contributed by atoms with E-state index in [2.05, 4.69) is 0 Å². The lowest BCUT2D eigenvalue weighted by Crippen LogP contribution is -1.99. The third-order valence-electron chi connectivity index (χ3n) is 5.86. The number of carbonyl (C=O) groups is 1. The van der Waals surface area contributed by atoms with E-state index in [1.165, 1.54) is 30.3 Å². The van der Waals surface area contributed by atoms with Crippen LogP contribution in [0.4, 0.5) is 10.1 Å². The zero-order chi connectivity index (χ0) is 27.1. The van der Waals surface area contributed by atoms with Crippen LogP contribution in [-0.4, -0.2) is 16.0 Å². The highest BCUT2D eigenvalue weighted by Gasteiger charge is 2.18.